The van der Waals surface area contributed by atoms with Crippen molar-refractivity contribution in [2.45, 2.75) is 25.2 Å². The second-order valence-electron chi connectivity index (χ2n) is 5.67. The summed E-state index contributed by atoms with van der Waals surface area (Å²) in [6.07, 6.45) is 2.31. The number of fused-ring (bicyclic) bond motifs is 1. The van der Waals surface area contributed by atoms with Crippen LogP contribution in [0.25, 0.3) is 0 Å². The largest absolute Gasteiger partial charge is 0.486 e. The van der Waals surface area contributed by atoms with E-state index in [2.05, 4.69) is 12.1 Å². The maximum absolute atomic E-state index is 11.6. The molecule has 3 rings (SSSR count). The minimum atomic E-state index is -0.797. The van der Waals surface area contributed by atoms with Crippen LogP contribution in [-0.2, 0) is 11.2 Å². The Morgan fingerprint density at radius 1 is 1.04 bits per heavy atom. The van der Waals surface area contributed by atoms with Crippen molar-refractivity contribution in [2.75, 3.05) is 13.2 Å². The Morgan fingerprint density at radius 3 is 2.52 bits per heavy atom. The fourth-order valence-electron chi connectivity index (χ4n) is 2.86. The van der Waals surface area contributed by atoms with Crippen LogP contribution in [-0.4, -0.2) is 24.3 Å². The predicted molar refractivity (Wildman–Crippen MR) is 87.2 cm³/mol. The second kappa shape index (κ2) is 7.18. The van der Waals surface area contributed by atoms with Gasteiger partial charge in [0.05, 0.1) is 5.92 Å². The fourth-order valence-corrected chi connectivity index (χ4v) is 2.86. The zero-order valence-corrected chi connectivity index (χ0v) is 12.9. The van der Waals surface area contributed by atoms with E-state index in [1.165, 1.54) is 5.56 Å². The minimum Gasteiger partial charge on any atom is -0.486 e. The molecule has 0 saturated heterocycles. The first-order valence-electron chi connectivity index (χ1n) is 7.90. The van der Waals surface area contributed by atoms with E-state index >= 15 is 0 Å². The Morgan fingerprint density at radius 2 is 1.78 bits per heavy atom. The van der Waals surface area contributed by atoms with Crippen molar-refractivity contribution < 1.29 is 19.4 Å². The van der Waals surface area contributed by atoms with Crippen LogP contribution in [0, 0.1) is 0 Å². The molecule has 0 saturated carbocycles. The number of hydrogen-bond acceptors (Lipinski definition) is 3. The number of rotatable bonds is 6. The minimum absolute atomic E-state index is 0.502. The number of aryl methyl sites for hydroxylation is 1. The lowest BCUT2D eigenvalue weighted by molar-refractivity contribution is -0.139. The molecule has 1 atom stereocenters. The Balaban J connectivity index is 1.68. The highest BCUT2D eigenvalue weighted by Crippen LogP contribution is 2.34. The first-order chi connectivity index (χ1) is 11.2. The van der Waals surface area contributed by atoms with Gasteiger partial charge in [0.15, 0.2) is 11.5 Å². The molecule has 1 aliphatic rings. The van der Waals surface area contributed by atoms with E-state index in [-0.39, 0.29) is 0 Å². The summed E-state index contributed by atoms with van der Waals surface area (Å²) in [6, 6.07) is 15.6. The third-order valence-electron chi connectivity index (χ3n) is 4.07. The summed E-state index contributed by atoms with van der Waals surface area (Å²) in [4.78, 5) is 11.6. The average molecular weight is 312 g/mol. The SMILES string of the molecule is O=C(O)C(CCCc1ccccc1)c1ccc2c(c1)OCCO2. The molecule has 0 aromatic heterocycles. The van der Waals surface area contributed by atoms with Crippen LogP contribution in [0.15, 0.2) is 48.5 Å². The van der Waals surface area contributed by atoms with E-state index < -0.39 is 11.9 Å². The lowest BCUT2D eigenvalue weighted by Gasteiger charge is -2.20. The molecule has 23 heavy (non-hydrogen) atoms. The maximum atomic E-state index is 11.6. The summed E-state index contributed by atoms with van der Waals surface area (Å²) in [5.41, 5.74) is 2.01. The van der Waals surface area contributed by atoms with Gasteiger partial charge in [-0.05, 0) is 42.5 Å². The van der Waals surface area contributed by atoms with Gasteiger partial charge in [0.1, 0.15) is 13.2 Å². The topological polar surface area (TPSA) is 55.8 Å². The number of carboxylic acid groups (broad SMARTS) is 1. The number of hydrogen-bond donors (Lipinski definition) is 1. The zero-order chi connectivity index (χ0) is 16.1. The van der Waals surface area contributed by atoms with Gasteiger partial charge >= 0.3 is 5.97 Å². The quantitative estimate of drug-likeness (QED) is 0.884. The Kier molecular flexibility index (Phi) is 4.81. The first kappa shape index (κ1) is 15.4. The molecule has 2 aromatic rings. The van der Waals surface area contributed by atoms with Gasteiger partial charge in [-0.1, -0.05) is 36.4 Å². The molecule has 1 N–H and O–H groups in total. The molecule has 0 spiro atoms. The van der Waals surface area contributed by atoms with E-state index in [0.717, 1.165) is 18.4 Å². The third kappa shape index (κ3) is 3.83. The summed E-state index contributed by atoms with van der Waals surface area (Å²) in [7, 11) is 0. The standard InChI is InChI=1S/C19H20O4/c20-19(21)16(8-4-7-14-5-2-1-3-6-14)15-9-10-17-18(13-15)23-12-11-22-17/h1-3,5-6,9-10,13,16H,4,7-8,11-12H2,(H,20,21). The molecule has 0 radical (unpaired) electrons. The average Bonchev–Trinajstić information content (AvgIpc) is 2.59. The number of carbonyl (C=O) groups is 1. The van der Waals surface area contributed by atoms with Gasteiger partial charge in [-0.3, -0.25) is 4.79 Å². The summed E-state index contributed by atoms with van der Waals surface area (Å²) < 4.78 is 11.0. The van der Waals surface area contributed by atoms with Crippen molar-refractivity contribution in [3.63, 3.8) is 0 Å². The van der Waals surface area contributed by atoms with E-state index in [0.29, 0.717) is 31.1 Å². The van der Waals surface area contributed by atoms with Crippen LogP contribution in [0.3, 0.4) is 0 Å². The summed E-state index contributed by atoms with van der Waals surface area (Å²) >= 11 is 0. The van der Waals surface area contributed by atoms with Crippen molar-refractivity contribution >= 4 is 5.97 Å². The van der Waals surface area contributed by atoms with Gasteiger partial charge in [-0.15, -0.1) is 0 Å². The van der Waals surface area contributed by atoms with Crippen molar-refractivity contribution in [3.8, 4) is 11.5 Å². The number of ether oxygens (including phenoxy) is 2. The summed E-state index contributed by atoms with van der Waals surface area (Å²) in [6.45, 7) is 1.04. The normalized spacial score (nSPS) is 14.3. The van der Waals surface area contributed by atoms with Gasteiger partial charge in [0.25, 0.3) is 0 Å². The molecular weight excluding hydrogens is 292 g/mol. The number of carboxylic acids is 1. The van der Waals surface area contributed by atoms with Crippen molar-refractivity contribution in [1.82, 2.24) is 0 Å². The van der Waals surface area contributed by atoms with Crippen LogP contribution < -0.4 is 9.47 Å². The molecule has 120 valence electrons. The van der Waals surface area contributed by atoms with Gasteiger partial charge in [-0.25, -0.2) is 0 Å². The zero-order valence-electron chi connectivity index (χ0n) is 12.9. The van der Waals surface area contributed by atoms with Gasteiger partial charge in [0.2, 0.25) is 0 Å². The van der Waals surface area contributed by atoms with Crippen LogP contribution in [0.5, 0.6) is 11.5 Å². The van der Waals surface area contributed by atoms with E-state index in [9.17, 15) is 9.90 Å². The molecule has 0 bridgehead atoms. The van der Waals surface area contributed by atoms with Gasteiger partial charge in [-0.2, -0.15) is 0 Å². The molecule has 0 aliphatic carbocycles. The highest BCUT2D eigenvalue weighted by molar-refractivity contribution is 5.76. The molecule has 0 fully saturated rings. The van der Waals surface area contributed by atoms with Gasteiger partial charge in [0, 0.05) is 0 Å². The molecular formula is C19H20O4. The summed E-state index contributed by atoms with van der Waals surface area (Å²) in [5, 5.41) is 9.56. The number of aliphatic carboxylic acids is 1. The van der Waals surface area contributed by atoms with Crippen molar-refractivity contribution in [3.05, 3.63) is 59.7 Å². The Labute approximate surface area is 135 Å². The lowest BCUT2D eigenvalue weighted by Crippen LogP contribution is -2.17. The van der Waals surface area contributed by atoms with Crippen LogP contribution >= 0.6 is 0 Å². The second-order valence-corrected chi connectivity index (χ2v) is 5.67. The van der Waals surface area contributed by atoms with E-state index in [1.54, 1.807) is 12.1 Å². The molecule has 1 heterocycles. The highest BCUT2D eigenvalue weighted by Gasteiger charge is 2.22. The maximum Gasteiger partial charge on any atom is 0.310 e. The molecule has 4 nitrogen and oxygen atoms in total. The third-order valence-corrected chi connectivity index (χ3v) is 4.07. The Hall–Kier alpha value is -2.49. The molecule has 1 aliphatic heterocycles. The number of benzene rings is 2. The lowest BCUT2D eigenvalue weighted by atomic mass is 9.92. The van der Waals surface area contributed by atoms with Crippen molar-refractivity contribution in [2.24, 2.45) is 0 Å². The Bertz CT molecular complexity index is 666. The molecule has 2 aromatic carbocycles. The van der Waals surface area contributed by atoms with Gasteiger partial charge < -0.3 is 14.6 Å². The monoisotopic (exact) mass is 312 g/mol. The van der Waals surface area contributed by atoms with Crippen LogP contribution in [0.2, 0.25) is 0 Å². The van der Waals surface area contributed by atoms with E-state index in [4.69, 9.17) is 9.47 Å². The smallest absolute Gasteiger partial charge is 0.310 e. The fraction of sp³-hybridized carbons (Fsp3) is 0.316. The van der Waals surface area contributed by atoms with E-state index in [1.807, 2.05) is 24.3 Å². The van der Waals surface area contributed by atoms with Crippen LogP contribution in [0.4, 0.5) is 0 Å². The first-order valence-corrected chi connectivity index (χ1v) is 7.90. The predicted octanol–water partition coefficient (Wildman–Crippen LogP) is 3.65. The molecule has 0 amide bonds. The molecule has 1 unspecified atom stereocenters. The highest BCUT2D eigenvalue weighted by atomic mass is 16.6. The van der Waals surface area contributed by atoms with Crippen molar-refractivity contribution in [1.29, 1.82) is 0 Å². The van der Waals surface area contributed by atoms with Crippen LogP contribution in [0.1, 0.15) is 29.9 Å². The summed E-state index contributed by atoms with van der Waals surface area (Å²) in [5.74, 6) is 0.0146. The molecule has 4 heteroatoms.